The van der Waals surface area contributed by atoms with Crippen molar-refractivity contribution < 1.29 is 4.79 Å². The van der Waals surface area contributed by atoms with Crippen LogP contribution in [0.3, 0.4) is 0 Å². The number of carbonyl (C=O) groups excluding carboxylic acids is 1. The van der Waals surface area contributed by atoms with Crippen molar-refractivity contribution in [3.63, 3.8) is 0 Å². The van der Waals surface area contributed by atoms with Crippen LogP contribution in [0.2, 0.25) is 0 Å². The maximum Gasteiger partial charge on any atom is 0.274 e. The Bertz CT molecular complexity index is 1010. The molecular formula is C22H20N4O. The second kappa shape index (κ2) is 7.71. The molecule has 0 bridgehead atoms. The van der Waals surface area contributed by atoms with E-state index < -0.39 is 0 Å². The van der Waals surface area contributed by atoms with Crippen molar-refractivity contribution in [3.05, 3.63) is 82.7 Å². The van der Waals surface area contributed by atoms with Crippen LogP contribution in [0.5, 0.6) is 0 Å². The number of nitrogens with one attached hydrogen (secondary N) is 2. The lowest BCUT2D eigenvalue weighted by Crippen LogP contribution is -2.15. The standard InChI is InChI=1S/C22H20N4O/c1-14-10-15(2)21(16(3)11-14)26-22(27)20-12-19(8-9-24-20)25-18-6-4-17(13-23)5-7-18/h4-12H,1-3H3,(H,24,25)(H,26,27). The Morgan fingerprint density at radius 2 is 1.63 bits per heavy atom. The van der Waals surface area contributed by atoms with E-state index in [2.05, 4.69) is 21.7 Å². The Kier molecular flexibility index (Phi) is 5.18. The Balaban J connectivity index is 1.78. The molecule has 134 valence electrons. The first-order chi connectivity index (χ1) is 13.0. The van der Waals surface area contributed by atoms with Gasteiger partial charge in [0.1, 0.15) is 5.69 Å². The molecule has 3 aromatic rings. The SMILES string of the molecule is Cc1cc(C)c(NC(=O)c2cc(Nc3ccc(C#N)cc3)ccn2)c(C)c1. The van der Waals surface area contributed by atoms with Gasteiger partial charge in [-0.15, -0.1) is 0 Å². The number of rotatable bonds is 4. The number of anilines is 3. The minimum Gasteiger partial charge on any atom is -0.355 e. The van der Waals surface area contributed by atoms with Gasteiger partial charge in [-0.05, 0) is 68.3 Å². The van der Waals surface area contributed by atoms with Crippen LogP contribution >= 0.6 is 0 Å². The first-order valence-corrected chi connectivity index (χ1v) is 8.58. The zero-order valence-corrected chi connectivity index (χ0v) is 15.5. The highest BCUT2D eigenvalue weighted by molar-refractivity contribution is 6.04. The minimum absolute atomic E-state index is 0.256. The Labute approximate surface area is 158 Å². The number of aryl methyl sites for hydroxylation is 3. The molecule has 1 heterocycles. The van der Waals surface area contributed by atoms with Crippen molar-refractivity contribution in [2.75, 3.05) is 10.6 Å². The number of nitrogens with zero attached hydrogens (tertiary/aromatic N) is 2. The van der Waals surface area contributed by atoms with Crippen molar-refractivity contribution >= 4 is 23.0 Å². The molecule has 0 saturated heterocycles. The van der Waals surface area contributed by atoms with Crippen molar-refractivity contribution in [1.82, 2.24) is 4.98 Å². The zero-order chi connectivity index (χ0) is 19.4. The molecule has 2 N–H and O–H groups in total. The highest BCUT2D eigenvalue weighted by Crippen LogP contribution is 2.23. The summed E-state index contributed by atoms with van der Waals surface area (Å²) in [5, 5.41) is 15.0. The van der Waals surface area contributed by atoms with E-state index in [4.69, 9.17) is 5.26 Å². The van der Waals surface area contributed by atoms with Gasteiger partial charge in [0.05, 0.1) is 11.6 Å². The van der Waals surface area contributed by atoms with E-state index in [0.29, 0.717) is 11.3 Å². The fourth-order valence-electron chi connectivity index (χ4n) is 2.98. The summed E-state index contributed by atoms with van der Waals surface area (Å²) in [7, 11) is 0. The number of pyridine rings is 1. The highest BCUT2D eigenvalue weighted by Gasteiger charge is 2.12. The second-order valence-electron chi connectivity index (χ2n) is 6.47. The topological polar surface area (TPSA) is 77.8 Å². The summed E-state index contributed by atoms with van der Waals surface area (Å²) in [5.74, 6) is -0.256. The molecule has 1 amide bonds. The monoisotopic (exact) mass is 356 g/mol. The number of aromatic nitrogens is 1. The number of hydrogen-bond acceptors (Lipinski definition) is 4. The van der Waals surface area contributed by atoms with Crippen LogP contribution in [0.15, 0.2) is 54.7 Å². The van der Waals surface area contributed by atoms with Gasteiger partial charge in [-0.3, -0.25) is 9.78 Å². The Morgan fingerprint density at radius 1 is 0.963 bits per heavy atom. The molecule has 5 nitrogen and oxygen atoms in total. The lowest BCUT2D eigenvalue weighted by molar-refractivity contribution is 0.102. The van der Waals surface area contributed by atoms with Gasteiger partial charge in [-0.2, -0.15) is 5.26 Å². The van der Waals surface area contributed by atoms with Crippen molar-refractivity contribution in [1.29, 1.82) is 5.26 Å². The first kappa shape index (κ1) is 18.2. The Hall–Kier alpha value is -3.65. The molecule has 0 unspecified atom stereocenters. The van der Waals surface area contributed by atoms with Gasteiger partial charge >= 0.3 is 0 Å². The van der Waals surface area contributed by atoms with Crippen LogP contribution in [0.1, 0.15) is 32.7 Å². The van der Waals surface area contributed by atoms with Gasteiger partial charge in [-0.25, -0.2) is 0 Å². The number of hydrogen-bond donors (Lipinski definition) is 2. The van der Waals surface area contributed by atoms with Gasteiger partial charge in [0.25, 0.3) is 5.91 Å². The third-order valence-corrected chi connectivity index (χ3v) is 4.21. The van der Waals surface area contributed by atoms with E-state index in [-0.39, 0.29) is 5.91 Å². The molecule has 0 aliphatic carbocycles. The fourth-order valence-corrected chi connectivity index (χ4v) is 2.98. The summed E-state index contributed by atoms with van der Waals surface area (Å²) in [4.78, 5) is 16.8. The predicted molar refractivity (Wildman–Crippen MR) is 107 cm³/mol. The largest absolute Gasteiger partial charge is 0.355 e. The van der Waals surface area contributed by atoms with Gasteiger partial charge in [0.15, 0.2) is 0 Å². The van der Waals surface area contributed by atoms with E-state index in [0.717, 1.165) is 33.8 Å². The Morgan fingerprint density at radius 3 is 2.26 bits per heavy atom. The first-order valence-electron chi connectivity index (χ1n) is 8.58. The molecule has 2 aromatic carbocycles. The summed E-state index contributed by atoms with van der Waals surface area (Å²) in [6.45, 7) is 5.99. The average Bonchev–Trinajstić information content (AvgIpc) is 2.65. The van der Waals surface area contributed by atoms with Gasteiger partial charge in [0, 0.05) is 23.3 Å². The molecule has 0 radical (unpaired) electrons. The highest BCUT2D eigenvalue weighted by atomic mass is 16.1. The van der Waals surface area contributed by atoms with E-state index in [9.17, 15) is 4.79 Å². The maximum atomic E-state index is 12.7. The molecule has 0 atom stereocenters. The molecule has 3 rings (SSSR count). The number of nitriles is 1. The van der Waals surface area contributed by atoms with E-state index >= 15 is 0 Å². The lowest BCUT2D eigenvalue weighted by Gasteiger charge is -2.13. The zero-order valence-electron chi connectivity index (χ0n) is 15.5. The smallest absolute Gasteiger partial charge is 0.274 e. The quantitative estimate of drug-likeness (QED) is 0.699. The van der Waals surface area contributed by atoms with Crippen LogP contribution in [0, 0.1) is 32.1 Å². The maximum absolute atomic E-state index is 12.7. The molecule has 27 heavy (non-hydrogen) atoms. The van der Waals surface area contributed by atoms with Gasteiger partial charge < -0.3 is 10.6 Å². The van der Waals surface area contributed by atoms with Crippen molar-refractivity contribution in [3.8, 4) is 6.07 Å². The lowest BCUT2D eigenvalue weighted by atomic mass is 10.0. The molecule has 1 aromatic heterocycles. The fraction of sp³-hybridized carbons (Fsp3) is 0.136. The van der Waals surface area contributed by atoms with E-state index in [1.807, 2.05) is 45.0 Å². The van der Waals surface area contributed by atoms with Crippen LogP contribution in [-0.4, -0.2) is 10.9 Å². The molecular weight excluding hydrogens is 336 g/mol. The third kappa shape index (κ3) is 4.31. The third-order valence-electron chi connectivity index (χ3n) is 4.21. The number of amides is 1. The van der Waals surface area contributed by atoms with Crippen molar-refractivity contribution in [2.24, 2.45) is 0 Å². The normalized spacial score (nSPS) is 10.1. The average molecular weight is 356 g/mol. The van der Waals surface area contributed by atoms with Crippen LogP contribution in [0.4, 0.5) is 17.1 Å². The minimum atomic E-state index is -0.256. The van der Waals surface area contributed by atoms with E-state index in [1.54, 1.807) is 30.5 Å². The van der Waals surface area contributed by atoms with Crippen LogP contribution in [-0.2, 0) is 0 Å². The molecule has 0 spiro atoms. The molecule has 5 heteroatoms. The summed E-state index contributed by atoms with van der Waals surface area (Å²) in [5.41, 5.74) is 6.52. The second-order valence-corrected chi connectivity index (χ2v) is 6.47. The van der Waals surface area contributed by atoms with Crippen LogP contribution in [0.25, 0.3) is 0 Å². The summed E-state index contributed by atoms with van der Waals surface area (Å²) >= 11 is 0. The summed E-state index contributed by atoms with van der Waals surface area (Å²) < 4.78 is 0. The van der Waals surface area contributed by atoms with E-state index in [1.165, 1.54) is 0 Å². The van der Waals surface area contributed by atoms with Gasteiger partial charge in [-0.1, -0.05) is 17.7 Å². The number of benzene rings is 2. The molecule has 0 saturated carbocycles. The van der Waals surface area contributed by atoms with Crippen molar-refractivity contribution in [2.45, 2.75) is 20.8 Å². The predicted octanol–water partition coefficient (Wildman–Crippen LogP) is 4.87. The van der Waals surface area contributed by atoms with Gasteiger partial charge in [0.2, 0.25) is 0 Å². The molecule has 0 fully saturated rings. The number of carbonyl (C=O) groups is 1. The molecule has 0 aliphatic heterocycles. The molecule has 0 aliphatic rings. The summed E-state index contributed by atoms with van der Waals surface area (Å²) in [6, 6.07) is 16.8. The van der Waals surface area contributed by atoms with Crippen LogP contribution < -0.4 is 10.6 Å². The summed E-state index contributed by atoms with van der Waals surface area (Å²) in [6.07, 6.45) is 1.59.